The molecule has 2 rings (SSSR count). The van der Waals surface area contributed by atoms with Gasteiger partial charge in [0, 0.05) is 0 Å². The van der Waals surface area contributed by atoms with Gasteiger partial charge in [-0.25, -0.2) is 9.78 Å². The number of amides is 1. The molecular formula is C13H17N3O2. The number of carbonyl (C=O) groups excluding carboxylic acids is 1. The monoisotopic (exact) mass is 247 g/mol. The molecule has 0 aliphatic carbocycles. The molecule has 0 saturated carbocycles. The average molecular weight is 247 g/mol. The maximum Gasteiger partial charge on any atom is 0.414 e. The summed E-state index contributed by atoms with van der Waals surface area (Å²) in [4.78, 5) is 18.8. The van der Waals surface area contributed by atoms with Crippen LogP contribution in [0.4, 0.5) is 10.7 Å². The van der Waals surface area contributed by atoms with E-state index in [1.165, 1.54) is 11.1 Å². The summed E-state index contributed by atoms with van der Waals surface area (Å²) in [6, 6.07) is 4.00. The first-order valence-corrected chi connectivity index (χ1v) is 5.90. The highest BCUT2D eigenvalue weighted by atomic mass is 16.6. The van der Waals surface area contributed by atoms with Crippen molar-refractivity contribution in [2.45, 2.75) is 33.8 Å². The predicted molar refractivity (Wildman–Crippen MR) is 70.8 cm³/mol. The molecule has 0 aliphatic rings. The molecule has 0 unspecified atom stereocenters. The van der Waals surface area contributed by atoms with Gasteiger partial charge in [-0.3, -0.25) is 5.32 Å². The van der Waals surface area contributed by atoms with E-state index in [4.69, 9.17) is 4.74 Å². The van der Waals surface area contributed by atoms with E-state index < -0.39 is 6.09 Å². The third-order valence-corrected chi connectivity index (χ3v) is 2.66. The number of rotatable bonds is 2. The number of hydrogen-bond acceptors (Lipinski definition) is 3. The molecule has 1 heterocycles. The van der Waals surface area contributed by atoms with Gasteiger partial charge in [-0.1, -0.05) is 0 Å². The Morgan fingerprint density at radius 1 is 1.33 bits per heavy atom. The zero-order valence-electron chi connectivity index (χ0n) is 11.0. The van der Waals surface area contributed by atoms with Gasteiger partial charge in [0.1, 0.15) is 0 Å². The number of nitrogens with one attached hydrogen (secondary N) is 2. The molecule has 2 aromatic rings. The third-order valence-electron chi connectivity index (χ3n) is 2.66. The Bertz CT molecular complexity index is 548. The van der Waals surface area contributed by atoms with Crippen molar-refractivity contribution in [2.24, 2.45) is 0 Å². The van der Waals surface area contributed by atoms with Crippen LogP contribution in [0.5, 0.6) is 0 Å². The van der Waals surface area contributed by atoms with E-state index in [2.05, 4.69) is 15.3 Å². The number of ether oxygens (including phenoxy) is 1. The first-order valence-electron chi connectivity index (χ1n) is 5.90. The van der Waals surface area contributed by atoms with Gasteiger partial charge in [-0.15, -0.1) is 0 Å². The number of hydrogen-bond donors (Lipinski definition) is 2. The maximum atomic E-state index is 11.4. The van der Waals surface area contributed by atoms with Crippen LogP contribution in [0, 0.1) is 13.8 Å². The van der Waals surface area contributed by atoms with Crippen LogP contribution in [0.2, 0.25) is 0 Å². The van der Waals surface area contributed by atoms with E-state index in [9.17, 15) is 4.79 Å². The van der Waals surface area contributed by atoms with E-state index in [0.717, 1.165) is 11.0 Å². The van der Waals surface area contributed by atoms with E-state index >= 15 is 0 Å². The average Bonchev–Trinajstić information content (AvgIpc) is 2.58. The summed E-state index contributed by atoms with van der Waals surface area (Å²) in [6.07, 6.45) is -0.656. The minimum Gasteiger partial charge on any atom is -0.447 e. The van der Waals surface area contributed by atoms with Crippen molar-refractivity contribution < 1.29 is 9.53 Å². The molecule has 0 radical (unpaired) electrons. The van der Waals surface area contributed by atoms with Crippen LogP contribution in [-0.2, 0) is 4.74 Å². The van der Waals surface area contributed by atoms with Gasteiger partial charge in [-0.05, 0) is 51.0 Å². The molecule has 0 bridgehead atoms. The summed E-state index contributed by atoms with van der Waals surface area (Å²) in [5, 5.41) is 2.57. The molecule has 1 aromatic heterocycles. The van der Waals surface area contributed by atoms with Crippen molar-refractivity contribution in [1.29, 1.82) is 0 Å². The molecule has 0 atom stereocenters. The molecule has 5 nitrogen and oxygen atoms in total. The summed E-state index contributed by atoms with van der Waals surface area (Å²) in [6.45, 7) is 7.66. The lowest BCUT2D eigenvalue weighted by atomic mass is 10.1. The van der Waals surface area contributed by atoms with Gasteiger partial charge in [0.2, 0.25) is 5.95 Å². The van der Waals surface area contributed by atoms with Crippen molar-refractivity contribution in [3.05, 3.63) is 23.3 Å². The smallest absolute Gasteiger partial charge is 0.414 e. The minimum absolute atomic E-state index is 0.154. The van der Waals surface area contributed by atoms with Crippen LogP contribution in [0.1, 0.15) is 25.0 Å². The lowest BCUT2D eigenvalue weighted by Crippen LogP contribution is -2.18. The van der Waals surface area contributed by atoms with Crippen LogP contribution in [0.15, 0.2) is 12.1 Å². The van der Waals surface area contributed by atoms with Gasteiger partial charge >= 0.3 is 6.09 Å². The Kier molecular flexibility index (Phi) is 3.23. The summed E-state index contributed by atoms with van der Waals surface area (Å²) < 4.78 is 4.99. The van der Waals surface area contributed by atoms with Crippen molar-refractivity contribution in [3.63, 3.8) is 0 Å². The SMILES string of the molecule is Cc1cc2nc(NC(=O)OC(C)C)[nH]c2cc1C. The molecule has 96 valence electrons. The lowest BCUT2D eigenvalue weighted by Gasteiger charge is -2.06. The molecule has 2 N–H and O–H groups in total. The Morgan fingerprint density at radius 2 is 2.00 bits per heavy atom. The number of H-pyrrole nitrogens is 1. The van der Waals surface area contributed by atoms with E-state index in [0.29, 0.717) is 5.95 Å². The fraction of sp³-hybridized carbons (Fsp3) is 0.385. The van der Waals surface area contributed by atoms with Crippen LogP contribution < -0.4 is 5.32 Å². The molecule has 18 heavy (non-hydrogen) atoms. The number of aryl methyl sites for hydroxylation is 2. The molecule has 1 amide bonds. The lowest BCUT2D eigenvalue weighted by molar-refractivity contribution is 0.130. The van der Waals surface area contributed by atoms with Crippen molar-refractivity contribution in [2.75, 3.05) is 5.32 Å². The molecule has 5 heteroatoms. The van der Waals surface area contributed by atoms with Crippen LogP contribution in [0.3, 0.4) is 0 Å². The second-order valence-electron chi connectivity index (χ2n) is 4.62. The topological polar surface area (TPSA) is 67.0 Å². The molecule has 1 aromatic carbocycles. The molecule has 0 saturated heterocycles. The molecular weight excluding hydrogens is 230 g/mol. The standard InChI is InChI=1S/C13H17N3O2/c1-7(2)18-13(17)16-12-14-10-5-8(3)9(4)6-11(10)15-12/h5-7H,1-4H3,(H2,14,15,16,17). The number of aromatic nitrogens is 2. The van der Waals surface area contributed by atoms with E-state index in [1.54, 1.807) is 13.8 Å². The first-order chi connectivity index (χ1) is 8.45. The summed E-state index contributed by atoms with van der Waals surface area (Å²) in [5.41, 5.74) is 4.09. The Labute approximate surface area is 106 Å². The summed E-state index contributed by atoms with van der Waals surface area (Å²) in [5.74, 6) is 0.403. The minimum atomic E-state index is -0.502. The Balaban J connectivity index is 2.22. The molecule has 0 spiro atoms. The van der Waals surface area contributed by atoms with Gasteiger partial charge in [0.15, 0.2) is 0 Å². The highest BCUT2D eigenvalue weighted by Gasteiger charge is 2.09. The highest BCUT2D eigenvalue weighted by molar-refractivity contribution is 5.86. The number of carbonyl (C=O) groups is 1. The second-order valence-corrected chi connectivity index (χ2v) is 4.62. The van der Waals surface area contributed by atoms with Gasteiger partial charge in [0.25, 0.3) is 0 Å². The summed E-state index contributed by atoms with van der Waals surface area (Å²) >= 11 is 0. The first kappa shape index (κ1) is 12.4. The fourth-order valence-corrected chi connectivity index (χ4v) is 1.67. The quantitative estimate of drug-likeness (QED) is 0.856. The maximum absolute atomic E-state index is 11.4. The van der Waals surface area contributed by atoms with Crippen molar-refractivity contribution >= 4 is 23.1 Å². The van der Waals surface area contributed by atoms with E-state index in [-0.39, 0.29) is 6.10 Å². The third kappa shape index (κ3) is 2.61. The number of benzene rings is 1. The highest BCUT2D eigenvalue weighted by Crippen LogP contribution is 2.19. The van der Waals surface area contributed by atoms with E-state index in [1.807, 2.05) is 26.0 Å². The second kappa shape index (κ2) is 4.68. The molecule has 0 aliphatic heterocycles. The largest absolute Gasteiger partial charge is 0.447 e. The normalized spacial score (nSPS) is 10.9. The summed E-state index contributed by atoms with van der Waals surface area (Å²) in [7, 11) is 0. The van der Waals surface area contributed by atoms with Crippen LogP contribution in [0.25, 0.3) is 11.0 Å². The Morgan fingerprint density at radius 3 is 2.67 bits per heavy atom. The van der Waals surface area contributed by atoms with Crippen molar-refractivity contribution in [1.82, 2.24) is 9.97 Å². The number of anilines is 1. The van der Waals surface area contributed by atoms with Gasteiger partial charge < -0.3 is 9.72 Å². The number of imidazole rings is 1. The number of aromatic amines is 1. The zero-order valence-corrected chi connectivity index (χ0v) is 11.0. The Hall–Kier alpha value is -2.04. The predicted octanol–water partition coefficient (Wildman–Crippen LogP) is 3.14. The zero-order chi connectivity index (χ0) is 13.3. The van der Waals surface area contributed by atoms with Crippen LogP contribution in [-0.4, -0.2) is 22.2 Å². The number of nitrogens with zero attached hydrogens (tertiary/aromatic N) is 1. The van der Waals surface area contributed by atoms with Gasteiger partial charge in [0.05, 0.1) is 17.1 Å². The number of fused-ring (bicyclic) bond motifs is 1. The van der Waals surface area contributed by atoms with Crippen LogP contribution >= 0.6 is 0 Å². The fourth-order valence-electron chi connectivity index (χ4n) is 1.67. The van der Waals surface area contributed by atoms with Gasteiger partial charge in [-0.2, -0.15) is 0 Å². The van der Waals surface area contributed by atoms with Crippen molar-refractivity contribution in [3.8, 4) is 0 Å². The molecule has 0 fully saturated rings.